The Hall–Kier alpha value is -1.71. The first kappa shape index (κ1) is 10.4. The van der Waals surface area contributed by atoms with E-state index in [9.17, 15) is 0 Å². The molecule has 4 heteroatoms. The summed E-state index contributed by atoms with van der Waals surface area (Å²) in [6.45, 7) is 2.30. The fraction of sp³-hybridized carbons (Fsp3) is 0.462. The normalized spacial score (nSPS) is 22.7. The second-order valence-electron chi connectivity index (χ2n) is 5.09. The fourth-order valence-electron chi connectivity index (χ4n) is 2.80. The molecule has 0 amide bonds. The van der Waals surface area contributed by atoms with Crippen LogP contribution in [0.25, 0.3) is 0 Å². The minimum atomic E-state index is 0.166. The zero-order valence-electron chi connectivity index (χ0n) is 10.2. The first-order valence-electron chi connectivity index (χ1n) is 5.99. The summed E-state index contributed by atoms with van der Waals surface area (Å²) in [4.78, 5) is 1.53. The van der Waals surface area contributed by atoms with Crippen molar-refractivity contribution in [2.45, 2.75) is 31.6 Å². The van der Waals surface area contributed by atoms with Gasteiger partial charge in [0.2, 0.25) is 0 Å². The van der Waals surface area contributed by atoms with Crippen molar-refractivity contribution in [3.63, 3.8) is 0 Å². The van der Waals surface area contributed by atoms with E-state index in [0.717, 1.165) is 18.7 Å². The highest BCUT2D eigenvalue weighted by atomic mass is 15.6. The van der Waals surface area contributed by atoms with Crippen molar-refractivity contribution in [2.75, 3.05) is 0 Å². The Morgan fingerprint density at radius 3 is 2.94 bits per heavy atom. The molecule has 1 aromatic carbocycles. The minimum Gasteiger partial charge on any atom is -0.167 e. The summed E-state index contributed by atoms with van der Waals surface area (Å²) in [5.41, 5.74) is 3.09. The molecule has 3 rings (SSSR count). The summed E-state index contributed by atoms with van der Waals surface area (Å²) in [5.74, 6) is 0.840. The van der Waals surface area contributed by atoms with Gasteiger partial charge in [-0.1, -0.05) is 31.2 Å². The van der Waals surface area contributed by atoms with Crippen LogP contribution in [0.15, 0.2) is 24.3 Å². The molecule has 0 saturated heterocycles. The van der Waals surface area contributed by atoms with Gasteiger partial charge in [-0.25, -0.2) is 0 Å². The van der Waals surface area contributed by atoms with E-state index in [1.807, 2.05) is 0 Å². The van der Waals surface area contributed by atoms with Gasteiger partial charge in [0.15, 0.2) is 5.82 Å². The van der Waals surface area contributed by atoms with E-state index in [0.29, 0.717) is 0 Å². The van der Waals surface area contributed by atoms with Crippen LogP contribution in [0.5, 0.6) is 0 Å². The van der Waals surface area contributed by atoms with Crippen molar-refractivity contribution in [3.8, 4) is 0 Å². The number of fused-ring (bicyclic) bond motifs is 1. The molecule has 0 fully saturated rings. The molecule has 1 aliphatic rings. The molecule has 0 aliphatic heterocycles. The van der Waals surface area contributed by atoms with Crippen LogP contribution in [0.3, 0.4) is 0 Å². The van der Waals surface area contributed by atoms with Crippen molar-refractivity contribution in [1.82, 2.24) is 20.2 Å². The van der Waals surface area contributed by atoms with Crippen molar-refractivity contribution in [2.24, 2.45) is 7.05 Å². The van der Waals surface area contributed by atoms with Crippen LogP contribution in [-0.2, 0) is 25.3 Å². The first-order chi connectivity index (χ1) is 8.17. The lowest BCUT2D eigenvalue weighted by Gasteiger charge is -2.23. The third-order valence-corrected chi connectivity index (χ3v) is 3.71. The number of tetrazole rings is 1. The average Bonchev–Trinajstić information content (AvgIpc) is 2.86. The van der Waals surface area contributed by atoms with Crippen LogP contribution in [0.2, 0.25) is 0 Å². The molecule has 0 saturated carbocycles. The van der Waals surface area contributed by atoms with Crippen LogP contribution in [0.4, 0.5) is 0 Å². The van der Waals surface area contributed by atoms with Gasteiger partial charge in [0.25, 0.3) is 0 Å². The number of aryl methyl sites for hydroxylation is 2. The quantitative estimate of drug-likeness (QED) is 0.785. The number of benzene rings is 1. The van der Waals surface area contributed by atoms with Gasteiger partial charge in [0.1, 0.15) is 0 Å². The van der Waals surface area contributed by atoms with Crippen LogP contribution < -0.4 is 0 Å². The van der Waals surface area contributed by atoms with Crippen molar-refractivity contribution >= 4 is 0 Å². The number of aromatic nitrogens is 4. The molecule has 0 radical (unpaired) electrons. The minimum absolute atomic E-state index is 0.166. The van der Waals surface area contributed by atoms with Crippen molar-refractivity contribution in [1.29, 1.82) is 0 Å². The number of nitrogens with zero attached hydrogens (tertiary/aromatic N) is 4. The van der Waals surface area contributed by atoms with E-state index < -0.39 is 0 Å². The van der Waals surface area contributed by atoms with Gasteiger partial charge in [-0.2, -0.15) is 4.80 Å². The molecule has 0 bridgehead atoms. The molecular weight excluding hydrogens is 212 g/mol. The Morgan fingerprint density at radius 1 is 1.35 bits per heavy atom. The molecule has 1 aromatic heterocycles. The maximum absolute atomic E-state index is 4.29. The van der Waals surface area contributed by atoms with Gasteiger partial charge in [-0.05, 0) is 29.2 Å². The maximum Gasteiger partial charge on any atom is 0.175 e. The first-order valence-corrected chi connectivity index (χ1v) is 5.99. The summed E-state index contributed by atoms with van der Waals surface area (Å²) in [5, 5.41) is 12.3. The highest BCUT2D eigenvalue weighted by Gasteiger charge is 2.35. The lowest BCUT2D eigenvalue weighted by molar-refractivity contribution is 0.453. The molecule has 1 atom stereocenters. The highest BCUT2D eigenvalue weighted by molar-refractivity contribution is 5.39. The van der Waals surface area contributed by atoms with Crippen LogP contribution in [-0.4, -0.2) is 20.2 Å². The van der Waals surface area contributed by atoms with Gasteiger partial charge >= 0.3 is 0 Å². The molecule has 4 nitrogen and oxygen atoms in total. The molecule has 2 aromatic rings. The van der Waals surface area contributed by atoms with E-state index >= 15 is 0 Å². The number of hydrogen-bond donors (Lipinski definition) is 0. The lowest BCUT2D eigenvalue weighted by atomic mass is 9.81. The smallest absolute Gasteiger partial charge is 0.167 e. The van der Waals surface area contributed by atoms with Crippen LogP contribution >= 0.6 is 0 Å². The zero-order valence-corrected chi connectivity index (χ0v) is 10.2. The molecule has 1 unspecified atom stereocenters. The third-order valence-electron chi connectivity index (χ3n) is 3.71. The molecule has 88 valence electrons. The zero-order chi connectivity index (χ0) is 11.9. The second kappa shape index (κ2) is 3.65. The van der Waals surface area contributed by atoms with Crippen molar-refractivity contribution < 1.29 is 0 Å². The Bertz CT molecular complexity index is 546. The van der Waals surface area contributed by atoms with E-state index in [1.54, 1.807) is 7.05 Å². The topological polar surface area (TPSA) is 43.6 Å². The Morgan fingerprint density at radius 2 is 2.18 bits per heavy atom. The average molecular weight is 228 g/mol. The SMILES string of the molecule is Cn1nnc(CC2(C)CCc3ccccc32)n1. The van der Waals surface area contributed by atoms with E-state index in [1.165, 1.54) is 22.3 Å². The Kier molecular flexibility index (Phi) is 2.24. The van der Waals surface area contributed by atoms with Crippen molar-refractivity contribution in [3.05, 3.63) is 41.2 Å². The Balaban J connectivity index is 1.93. The van der Waals surface area contributed by atoms with E-state index in [2.05, 4.69) is 46.6 Å². The largest absolute Gasteiger partial charge is 0.175 e. The summed E-state index contributed by atoms with van der Waals surface area (Å²) in [6.07, 6.45) is 3.20. The molecule has 1 aliphatic carbocycles. The lowest BCUT2D eigenvalue weighted by Crippen LogP contribution is -2.22. The molecule has 17 heavy (non-hydrogen) atoms. The van der Waals surface area contributed by atoms with E-state index in [-0.39, 0.29) is 5.41 Å². The molecule has 0 spiro atoms. The van der Waals surface area contributed by atoms with E-state index in [4.69, 9.17) is 0 Å². The van der Waals surface area contributed by atoms with Crippen LogP contribution in [0, 0.1) is 0 Å². The predicted octanol–water partition coefficient (Wildman–Crippen LogP) is 1.66. The maximum atomic E-state index is 4.29. The molecular formula is C13H16N4. The van der Waals surface area contributed by atoms with Gasteiger partial charge in [0.05, 0.1) is 7.05 Å². The summed E-state index contributed by atoms with van der Waals surface area (Å²) < 4.78 is 0. The van der Waals surface area contributed by atoms with Gasteiger partial charge in [-0.15, -0.1) is 10.2 Å². The Labute approximate surface area is 101 Å². The standard InChI is InChI=1S/C13H16N4/c1-13(9-12-14-16-17(2)15-12)8-7-10-5-3-4-6-11(10)13/h3-6H,7-9H2,1-2H3. The summed E-state index contributed by atoms with van der Waals surface area (Å²) in [6, 6.07) is 8.70. The highest BCUT2D eigenvalue weighted by Crippen LogP contribution is 2.40. The monoisotopic (exact) mass is 228 g/mol. The fourth-order valence-corrected chi connectivity index (χ4v) is 2.80. The van der Waals surface area contributed by atoms with Gasteiger partial charge in [0, 0.05) is 11.8 Å². The molecule has 0 N–H and O–H groups in total. The van der Waals surface area contributed by atoms with Crippen LogP contribution in [0.1, 0.15) is 30.3 Å². The summed E-state index contributed by atoms with van der Waals surface area (Å²) in [7, 11) is 1.81. The van der Waals surface area contributed by atoms with Gasteiger partial charge in [-0.3, -0.25) is 0 Å². The third kappa shape index (κ3) is 1.73. The van der Waals surface area contributed by atoms with Gasteiger partial charge < -0.3 is 0 Å². The molecule has 1 heterocycles. The second-order valence-corrected chi connectivity index (χ2v) is 5.09. The predicted molar refractivity (Wildman–Crippen MR) is 64.6 cm³/mol. The number of rotatable bonds is 2. The summed E-state index contributed by atoms with van der Waals surface area (Å²) >= 11 is 0. The number of hydrogen-bond acceptors (Lipinski definition) is 3.